The molecule has 4 aliphatic rings. The molecule has 1 saturated heterocycles. The van der Waals surface area contributed by atoms with Crippen molar-refractivity contribution in [2.24, 2.45) is 17.3 Å². The van der Waals surface area contributed by atoms with Gasteiger partial charge in [0.15, 0.2) is 0 Å². The van der Waals surface area contributed by atoms with Crippen LogP contribution >= 0.6 is 0 Å². The zero-order valence-electron chi connectivity index (χ0n) is 20.6. The highest BCUT2D eigenvalue weighted by Crippen LogP contribution is 2.42. The number of likely N-dealkylation sites (tertiary alicyclic amines) is 1. The Kier molecular flexibility index (Phi) is 8.11. The van der Waals surface area contributed by atoms with Crippen molar-refractivity contribution in [2.75, 3.05) is 6.54 Å². The highest BCUT2D eigenvalue weighted by molar-refractivity contribution is 5.93. The fraction of sp³-hybridized carbons (Fsp3) is 0.571. The first kappa shape index (κ1) is 25.9. The third-order valence-corrected chi connectivity index (χ3v) is 8.12. The first-order valence-electron chi connectivity index (χ1n) is 13.1. The SMILES string of the molecule is O=C(O)CC1(C(=O)N[C@@H](CC2C=CC(C3C=CC=CC3)=CC2)C(=O)N2CCC[C@H]2C(=O)O)CCCC1. The Labute approximate surface area is 211 Å². The van der Waals surface area contributed by atoms with Crippen LogP contribution in [0.1, 0.15) is 64.2 Å². The smallest absolute Gasteiger partial charge is 0.326 e. The van der Waals surface area contributed by atoms with Crippen molar-refractivity contribution in [1.29, 1.82) is 0 Å². The summed E-state index contributed by atoms with van der Waals surface area (Å²) in [7, 11) is 0. The lowest BCUT2D eigenvalue weighted by Crippen LogP contribution is -2.55. The minimum Gasteiger partial charge on any atom is -0.481 e. The lowest BCUT2D eigenvalue weighted by atomic mass is 9.80. The summed E-state index contributed by atoms with van der Waals surface area (Å²) in [5, 5.41) is 22.0. The van der Waals surface area contributed by atoms with E-state index >= 15 is 0 Å². The summed E-state index contributed by atoms with van der Waals surface area (Å²) >= 11 is 0. The minimum atomic E-state index is -1.04. The molecule has 2 amide bonds. The lowest BCUT2D eigenvalue weighted by Gasteiger charge is -2.33. The second-order valence-corrected chi connectivity index (χ2v) is 10.6. The van der Waals surface area contributed by atoms with Crippen molar-refractivity contribution in [3.05, 3.63) is 48.1 Å². The van der Waals surface area contributed by atoms with E-state index < -0.39 is 35.3 Å². The summed E-state index contributed by atoms with van der Waals surface area (Å²) < 4.78 is 0. The second kappa shape index (κ2) is 11.3. The number of hydrogen-bond acceptors (Lipinski definition) is 4. The van der Waals surface area contributed by atoms with Crippen LogP contribution in [-0.2, 0) is 19.2 Å². The summed E-state index contributed by atoms with van der Waals surface area (Å²) in [5.41, 5.74) is 0.216. The number of carbonyl (C=O) groups excluding carboxylic acids is 2. The molecule has 194 valence electrons. The summed E-state index contributed by atoms with van der Waals surface area (Å²) in [6, 6.07) is -1.79. The molecule has 0 bridgehead atoms. The summed E-state index contributed by atoms with van der Waals surface area (Å²) in [5.74, 6) is -2.51. The molecule has 4 rings (SSSR count). The molecule has 8 heteroatoms. The monoisotopic (exact) mass is 496 g/mol. The molecule has 0 aromatic heterocycles. The van der Waals surface area contributed by atoms with E-state index in [0.29, 0.717) is 44.6 Å². The van der Waals surface area contributed by atoms with Crippen molar-refractivity contribution in [3.8, 4) is 0 Å². The fourth-order valence-corrected chi connectivity index (χ4v) is 6.11. The maximum atomic E-state index is 13.6. The zero-order chi connectivity index (χ0) is 25.7. The Hall–Kier alpha value is -3.16. The van der Waals surface area contributed by atoms with Crippen molar-refractivity contribution in [1.82, 2.24) is 10.2 Å². The standard InChI is InChI=1S/C28H36N2O6/c31-24(32)18-28(14-4-5-15-28)27(36)29-22(25(33)30-16-6-9-23(30)26(34)35)17-19-10-12-21(13-11-19)20-7-2-1-3-8-20/h1-3,7,10,12-13,19-20,22-23H,4-6,8-9,11,14-18H2,(H,29,36)(H,31,32)(H,34,35)/t19?,20?,22-,23-/m0/s1. The normalized spacial score (nSPS) is 27.5. The van der Waals surface area contributed by atoms with Gasteiger partial charge in [0.1, 0.15) is 12.1 Å². The van der Waals surface area contributed by atoms with Crippen molar-refractivity contribution in [2.45, 2.75) is 76.3 Å². The molecule has 1 saturated carbocycles. The summed E-state index contributed by atoms with van der Waals surface area (Å²) in [6.45, 7) is 0.342. The minimum absolute atomic E-state index is 0.0102. The predicted molar refractivity (Wildman–Crippen MR) is 134 cm³/mol. The van der Waals surface area contributed by atoms with Crippen LogP contribution in [0, 0.1) is 17.3 Å². The number of nitrogens with one attached hydrogen (secondary N) is 1. The second-order valence-electron chi connectivity index (χ2n) is 10.6. The molecule has 8 nitrogen and oxygen atoms in total. The number of carboxylic acids is 2. The van der Waals surface area contributed by atoms with Crippen LogP contribution in [0.3, 0.4) is 0 Å². The van der Waals surface area contributed by atoms with Gasteiger partial charge in [0.2, 0.25) is 11.8 Å². The van der Waals surface area contributed by atoms with E-state index in [4.69, 9.17) is 0 Å². The highest BCUT2D eigenvalue weighted by Gasteiger charge is 2.45. The van der Waals surface area contributed by atoms with Gasteiger partial charge in [-0.3, -0.25) is 14.4 Å². The molecule has 1 heterocycles. The molecule has 4 atom stereocenters. The molecule has 3 N–H and O–H groups in total. The number of carboxylic acid groups (broad SMARTS) is 2. The molecule has 2 fully saturated rings. The largest absolute Gasteiger partial charge is 0.481 e. The number of carbonyl (C=O) groups is 4. The van der Waals surface area contributed by atoms with Gasteiger partial charge in [0, 0.05) is 12.5 Å². The van der Waals surface area contributed by atoms with E-state index in [1.807, 2.05) is 12.2 Å². The molecule has 36 heavy (non-hydrogen) atoms. The number of nitrogens with zero attached hydrogens (tertiary/aromatic N) is 1. The van der Waals surface area contributed by atoms with Crippen molar-refractivity contribution >= 4 is 23.8 Å². The van der Waals surface area contributed by atoms with Crippen LogP contribution in [0.5, 0.6) is 0 Å². The Morgan fingerprint density at radius 2 is 1.83 bits per heavy atom. The van der Waals surface area contributed by atoms with Crippen LogP contribution in [-0.4, -0.2) is 57.5 Å². The molecule has 2 unspecified atom stereocenters. The molecule has 1 aliphatic heterocycles. The molecular formula is C28H36N2O6. The molecule has 0 aromatic carbocycles. The van der Waals surface area contributed by atoms with Crippen molar-refractivity contribution in [3.63, 3.8) is 0 Å². The van der Waals surface area contributed by atoms with E-state index in [2.05, 4.69) is 35.7 Å². The number of hydrogen-bond donors (Lipinski definition) is 3. The maximum absolute atomic E-state index is 13.6. The third-order valence-electron chi connectivity index (χ3n) is 8.12. The van der Waals surface area contributed by atoms with Gasteiger partial charge in [0.25, 0.3) is 0 Å². The Bertz CT molecular complexity index is 1000. The average Bonchev–Trinajstić information content (AvgIpc) is 3.54. The number of rotatable bonds is 9. The Balaban J connectivity index is 1.50. The lowest BCUT2D eigenvalue weighted by molar-refractivity contribution is -0.151. The topological polar surface area (TPSA) is 124 Å². The molecule has 0 aromatic rings. The van der Waals surface area contributed by atoms with Crippen LogP contribution < -0.4 is 5.32 Å². The predicted octanol–water partition coefficient (Wildman–Crippen LogP) is 3.61. The zero-order valence-corrected chi connectivity index (χ0v) is 20.6. The van der Waals surface area contributed by atoms with Gasteiger partial charge in [0.05, 0.1) is 11.8 Å². The summed E-state index contributed by atoms with van der Waals surface area (Å²) in [6.07, 6.45) is 20.0. The van der Waals surface area contributed by atoms with Crippen LogP contribution in [0.2, 0.25) is 0 Å². The van der Waals surface area contributed by atoms with E-state index in [9.17, 15) is 29.4 Å². The average molecular weight is 497 g/mol. The molecular weight excluding hydrogens is 460 g/mol. The quantitative estimate of drug-likeness (QED) is 0.448. The van der Waals surface area contributed by atoms with E-state index in [1.54, 1.807) is 0 Å². The first-order valence-corrected chi connectivity index (χ1v) is 13.1. The van der Waals surface area contributed by atoms with Gasteiger partial charge in [-0.25, -0.2) is 4.79 Å². The summed E-state index contributed by atoms with van der Waals surface area (Å²) in [4.78, 5) is 51.7. The maximum Gasteiger partial charge on any atom is 0.326 e. The molecule has 0 radical (unpaired) electrons. The van der Waals surface area contributed by atoms with Gasteiger partial charge in [-0.1, -0.05) is 55.4 Å². The van der Waals surface area contributed by atoms with E-state index in [-0.39, 0.29) is 18.2 Å². The third kappa shape index (κ3) is 5.79. The van der Waals surface area contributed by atoms with E-state index in [1.165, 1.54) is 10.5 Å². The Morgan fingerprint density at radius 1 is 1.06 bits per heavy atom. The van der Waals surface area contributed by atoms with Crippen LogP contribution in [0.15, 0.2) is 48.1 Å². The van der Waals surface area contributed by atoms with Crippen molar-refractivity contribution < 1.29 is 29.4 Å². The van der Waals surface area contributed by atoms with Gasteiger partial charge in [-0.05, 0) is 56.4 Å². The first-order chi connectivity index (χ1) is 17.3. The number of allylic oxidation sites excluding steroid dienone is 8. The molecule has 0 spiro atoms. The number of amides is 2. The molecule has 3 aliphatic carbocycles. The van der Waals surface area contributed by atoms with Crippen LogP contribution in [0.25, 0.3) is 0 Å². The number of aliphatic carboxylic acids is 2. The fourth-order valence-electron chi connectivity index (χ4n) is 6.11. The Morgan fingerprint density at radius 3 is 2.44 bits per heavy atom. The highest BCUT2D eigenvalue weighted by atomic mass is 16.4. The van der Waals surface area contributed by atoms with E-state index in [0.717, 1.165) is 25.7 Å². The van der Waals surface area contributed by atoms with Gasteiger partial charge < -0.3 is 20.4 Å². The van der Waals surface area contributed by atoms with Crippen LogP contribution in [0.4, 0.5) is 0 Å². The van der Waals surface area contributed by atoms with Gasteiger partial charge >= 0.3 is 11.9 Å². The van der Waals surface area contributed by atoms with Gasteiger partial charge in [-0.15, -0.1) is 0 Å². The van der Waals surface area contributed by atoms with Gasteiger partial charge in [-0.2, -0.15) is 0 Å².